The van der Waals surface area contributed by atoms with E-state index in [1.54, 1.807) is 0 Å². The van der Waals surface area contributed by atoms with E-state index < -0.39 is 15.9 Å². The van der Waals surface area contributed by atoms with E-state index in [9.17, 15) is 13.2 Å². The average molecular weight is 297 g/mol. The second-order valence-corrected chi connectivity index (χ2v) is 7.27. The summed E-state index contributed by atoms with van der Waals surface area (Å²) >= 11 is 0. The second kappa shape index (κ2) is 6.74. The molecule has 5 nitrogen and oxygen atoms in total. The van der Waals surface area contributed by atoms with Gasteiger partial charge >= 0.3 is 6.09 Å². The van der Waals surface area contributed by atoms with Crippen LogP contribution in [0.2, 0.25) is 0 Å². The first-order valence-electron chi connectivity index (χ1n) is 6.70. The summed E-state index contributed by atoms with van der Waals surface area (Å²) in [5, 5.41) is 2.65. The number of hydrogen-bond acceptors (Lipinski definition) is 4. The summed E-state index contributed by atoms with van der Waals surface area (Å²) in [4.78, 5) is 11.5. The maximum atomic E-state index is 11.5. The number of benzene rings is 1. The molecule has 6 heteroatoms. The third-order valence-electron chi connectivity index (χ3n) is 3.36. The first kappa shape index (κ1) is 14.8. The van der Waals surface area contributed by atoms with E-state index >= 15 is 0 Å². The summed E-state index contributed by atoms with van der Waals surface area (Å²) in [7, 11) is -2.84. The van der Waals surface area contributed by atoms with Crippen LogP contribution in [0.5, 0.6) is 0 Å². The Morgan fingerprint density at radius 2 is 2.05 bits per heavy atom. The van der Waals surface area contributed by atoms with E-state index in [0.29, 0.717) is 19.4 Å². The molecule has 1 aliphatic rings. The minimum Gasteiger partial charge on any atom is -0.445 e. The van der Waals surface area contributed by atoms with Crippen LogP contribution >= 0.6 is 0 Å². The van der Waals surface area contributed by atoms with Crippen LogP contribution in [0.25, 0.3) is 0 Å². The summed E-state index contributed by atoms with van der Waals surface area (Å²) in [6.07, 6.45) is 0.914. The van der Waals surface area contributed by atoms with Crippen LogP contribution in [0.4, 0.5) is 4.79 Å². The summed E-state index contributed by atoms with van der Waals surface area (Å²) in [6, 6.07) is 9.45. The van der Waals surface area contributed by atoms with Gasteiger partial charge in [0.25, 0.3) is 0 Å². The molecule has 0 aromatic heterocycles. The highest BCUT2D eigenvalue weighted by atomic mass is 32.2. The smallest absolute Gasteiger partial charge is 0.407 e. The molecule has 1 amide bonds. The van der Waals surface area contributed by atoms with Crippen LogP contribution in [-0.4, -0.2) is 32.6 Å². The zero-order chi connectivity index (χ0) is 14.4. The van der Waals surface area contributed by atoms with Crippen molar-refractivity contribution in [1.82, 2.24) is 5.32 Å². The SMILES string of the molecule is O=C(NCCC1CCS(=O)(=O)C1)OCc1ccccc1. The summed E-state index contributed by atoms with van der Waals surface area (Å²) in [5.41, 5.74) is 0.935. The predicted octanol–water partition coefficient (Wildman–Crippen LogP) is 1.74. The van der Waals surface area contributed by atoms with Crippen molar-refractivity contribution in [1.29, 1.82) is 0 Å². The van der Waals surface area contributed by atoms with Crippen molar-refractivity contribution in [3.63, 3.8) is 0 Å². The molecule has 1 aromatic rings. The molecular formula is C14H19NO4S. The number of ether oxygens (including phenoxy) is 1. The number of alkyl carbamates (subject to hydrolysis) is 1. The standard InChI is InChI=1S/C14H19NO4S/c16-14(19-10-12-4-2-1-3-5-12)15-8-6-13-7-9-20(17,18)11-13/h1-5,13H,6-11H2,(H,15,16). The van der Waals surface area contributed by atoms with E-state index in [4.69, 9.17) is 4.74 Å². The van der Waals surface area contributed by atoms with Crippen LogP contribution in [0.3, 0.4) is 0 Å². The Balaban J connectivity index is 1.61. The maximum absolute atomic E-state index is 11.5. The largest absolute Gasteiger partial charge is 0.445 e. The van der Waals surface area contributed by atoms with Crippen LogP contribution in [0, 0.1) is 5.92 Å². The molecular weight excluding hydrogens is 278 g/mol. The van der Waals surface area contributed by atoms with Crippen LogP contribution in [0.1, 0.15) is 18.4 Å². The van der Waals surface area contributed by atoms with Crippen molar-refractivity contribution in [2.24, 2.45) is 5.92 Å². The van der Waals surface area contributed by atoms with Crippen molar-refractivity contribution in [2.75, 3.05) is 18.1 Å². The molecule has 20 heavy (non-hydrogen) atoms. The predicted molar refractivity (Wildman–Crippen MR) is 76.0 cm³/mol. The number of hydrogen-bond donors (Lipinski definition) is 1. The van der Waals surface area contributed by atoms with Gasteiger partial charge in [-0.05, 0) is 24.3 Å². The van der Waals surface area contributed by atoms with Gasteiger partial charge in [0.1, 0.15) is 6.61 Å². The Bertz CT molecular complexity index is 542. The molecule has 1 aromatic carbocycles. The summed E-state index contributed by atoms with van der Waals surface area (Å²) in [5.74, 6) is 0.679. The molecule has 0 bridgehead atoms. The molecule has 1 N–H and O–H groups in total. The lowest BCUT2D eigenvalue weighted by Gasteiger charge is -2.09. The van der Waals surface area contributed by atoms with E-state index in [0.717, 1.165) is 5.56 Å². The fourth-order valence-electron chi connectivity index (χ4n) is 2.25. The van der Waals surface area contributed by atoms with Crippen LogP contribution in [-0.2, 0) is 21.2 Å². The maximum Gasteiger partial charge on any atom is 0.407 e. The van der Waals surface area contributed by atoms with Gasteiger partial charge in [0, 0.05) is 6.54 Å². The average Bonchev–Trinajstić information content (AvgIpc) is 2.77. The highest BCUT2D eigenvalue weighted by Crippen LogP contribution is 2.20. The Morgan fingerprint density at radius 3 is 2.70 bits per heavy atom. The molecule has 110 valence electrons. The zero-order valence-corrected chi connectivity index (χ0v) is 12.1. The number of rotatable bonds is 5. The van der Waals surface area contributed by atoms with Gasteiger partial charge < -0.3 is 10.1 Å². The Kier molecular flexibility index (Phi) is 5.00. The minimum atomic E-state index is -2.84. The van der Waals surface area contributed by atoms with Crippen molar-refractivity contribution in [2.45, 2.75) is 19.4 Å². The normalized spacial score (nSPS) is 20.5. The highest BCUT2D eigenvalue weighted by molar-refractivity contribution is 7.91. The van der Waals surface area contributed by atoms with Gasteiger partial charge in [-0.2, -0.15) is 0 Å². The van der Waals surface area contributed by atoms with E-state index in [2.05, 4.69) is 5.32 Å². The lowest BCUT2D eigenvalue weighted by Crippen LogP contribution is -2.26. The number of amides is 1. The van der Waals surface area contributed by atoms with Gasteiger partial charge in [-0.25, -0.2) is 13.2 Å². The number of sulfone groups is 1. The van der Waals surface area contributed by atoms with Crippen molar-refractivity contribution in [3.8, 4) is 0 Å². The van der Waals surface area contributed by atoms with E-state index in [-0.39, 0.29) is 24.0 Å². The molecule has 0 aliphatic carbocycles. The van der Waals surface area contributed by atoms with E-state index in [1.807, 2.05) is 30.3 Å². The molecule has 1 aliphatic heterocycles. The van der Waals surface area contributed by atoms with Crippen molar-refractivity contribution in [3.05, 3.63) is 35.9 Å². The van der Waals surface area contributed by atoms with Crippen LogP contribution < -0.4 is 5.32 Å². The molecule has 1 fully saturated rings. The first-order chi connectivity index (χ1) is 9.55. The summed E-state index contributed by atoms with van der Waals surface area (Å²) in [6.45, 7) is 0.693. The highest BCUT2D eigenvalue weighted by Gasteiger charge is 2.27. The van der Waals surface area contributed by atoms with E-state index in [1.165, 1.54) is 0 Å². The molecule has 0 radical (unpaired) electrons. The monoisotopic (exact) mass is 297 g/mol. The fraction of sp³-hybridized carbons (Fsp3) is 0.500. The molecule has 2 rings (SSSR count). The number of carbonyl (C=O) groups excluding carboxylic acids is 1. The van der Waals surface area contributed by atoms with Gasteiger partial charge in [-0.3, -0.25) is 0 Å². The van der Waals surface area contributed by atoms with Gasteiger partial charge in [0.15, 0.2) is 9.84 Å². The molecule has 1 unspecified atom stereocenters. The lowest BCUT2D eigenvalue weighted by atomic mass is 10.1. The Morgan fingerprint density at radius 1 is 1.30 bits per heavy atom. The van der Waals surface area contributed by atoms with Crippen LogP contribution in [0.15, 0.2) is 30.3 Å². The van der Waals surface area contributed by atoms with Crippen molar-refractivity contribution < 1.29 is 17.9 Å². The molecule has 1 saturated heterocycles. The lowest BCUT2D eigenvalue weighted by molar-refractivity contribution is 0.139. The molecule has 1 heterocycles. The quantitative estimate of drug-likeness (QED) is 0.898. The minimum absolute atomic E-state index is 0.162. The summed E-state index contributed by atoms with van der Waals surface area (Å²) < 4.78 is 27.6. The van der Waals surface area contributed by atoms with Gasteiger partial charge in [-0.1, -0.05) is 30.3 Å². The Labute approximate surface area is 119 Å². The zero-order valence-electron chi connectivity index (χ0n) is 11.2. The molecule has 1 atom stereocenters. The third kappa shape index (κ3) is 4.85. The molecule has 0 spiro atoms. The topological polar surface area (TPSA) is 72.5 Å². The van der Waals surface area contributed by atoms with Crippen molar-refractivity contribution >= 4 is 15.9 Å². The first-order valence-corrected chi connectivity index (χ1v) is 8.52. The van der Waals surface area contributed by atoms with Gasteiger partial charge in [-0.15, -0.1) is 0 Å². The van der Waals surface area contributed by atoms with Gasteiger partial charge in [0.2, 0.25) is 0 Å². The third-order valence-corrected chi connectivity index (χ3v) is 5.20. The number of carbonyl (C=O) groups is 1. The number of nitrogens with one attached hydrogen (secondary N) is 1. The molecule has 0 saturated carbocycles. The Hall–Kier alpha value is -1.56. The second-order valence-electron chi connectivity index (χ2n) is 5.05. The fourth-order valence-corrected chi connectivity index (χ4v) is 4.16. The van der Waals surface area contributed by atoms with Gasteiger partial charge in [0.05, 0.1) is 11.5 Å².